The Kier molecular flexibility index (Phi) is 8.66. The molecule has 0 unspecified atom stereocenters. The van der Waals surface area contributed by atoms with Gasteiger partial charge in [0.05, 0.1) is 18.2 Å². The molecule has 0 saturated heterocycles. The maximum absolute atomic E-state index is 13.5. The first-order chi connectivity index (χ1) is 20.2. The van der Waals surface area contributed by atoms with E-state index in [0.29, 0.717) is 36.8 Å². The van der Waals surface area contributed by atoms with Crippen LogP contribution in [-0.4, -0.2) is 50.7 Å². The summed E-state index contributed by atoms with van der Waals surface area (Å²) in [6.07, 6.45) is 7.56. The van der Waals surface area contributed by atoms with E-state index >= 15 is 0 Å². The van der Waals surface area contributed by atoms with E-state index in [9.17, 15) is 33.7 Å². The Morgan fingerprint density at radius 1 is 1.05 bits per heavy atom. The van der Waals surface area contributed by atoms with Crippen LogP contribution in [0.25, 0.3) is 0 Å². The molecule has 0 amide bonds. The third kappa shape index (κ3) is 5.36. The third-order valence-corrected chi connectivity index (χ3v) is 11.7. The highest BCUT2D eigenvalue weighted by Crippen LogP contribution is 2.80. The zero-order chi connectivity index (χ0) is 31.4. The topological polar surface area (TPSA) is 121 Å². The van der Waals surface area contributed by atoms with Crippen LogP contribution in [0.5, 0.6) is 0 Å². The number of carbonyl (C=O) groups excluding carboxylic acids is 2. The van der Waals surface area contributed by atoms with E-state index in [1.54, 1.807) is 25.1 Å². The lowest BCUT2D eigenvalue weighted by molar-refractivity contribution is -0.158. The molecular weight excluding hydrogens is 552 g/mol. The fourth-order valence-electron chi connectivity index (χ4n) is 9.11. The van der Waals surface area contributed by atoms with Crippen molar-refractivity contribution in [3.8, 4) is 0 Å². The van der Waals surface area contributed by atoms with Crippen LogP contribution in [0, 0.1) is 28.6 Å². The molecule has 4 aliphatic carbocycles. The number of carbonyl (C=O) groups is 2. The largest absolute Gasteiger partial charge is 0.392 e. The van der Waals surface area contributed by atoms with Crippen molar-refractivity contribution in [2.75, 3.05) is 6.61 Å². The van der Waals surface area contributed by atoms with E-state index in [-0.39, 0.29) is 46.9 Å². The molecule has 0 aromatic heterocycles. The van der Waals surface area contributed by atoms with Crippen molar-refractivity contribution in [2.24, 2.45) is 34.3 Å². The summed E-state index contributed by atoms with van der Waals surface area (Å²) < 4.78 is 25.5. The lowest BCUT2D eigenvalue weighted by atomic mass is 9.62. The first-order valence-electron chi connectivity index (χ1n) is 15.8. The smallest absolute Gasteiger partial charge is 0.263 e. The second kappa shape index (κ2) is 11.6. The quantitative estimate of drug-likeness (QED) is 0.189. The van der Waals surface area contributed by atoms with Gasteiger partial charge in [0.1, 0.15) is 11.4 Å². The van der Waals surface area contributed by atoms with E-state index in [1.165, 1.54) is 12.1 Å². The summed E-state index contributed by atoms with van der Waals surface area (Å²) in [4.78, 5) is 26.5. The summed E-state index contributed by atoms with van der Waals surface area (Å²) in [6.45, 7) is 5.63. The molecule has 2 fully saturated rings. The van der Waals surface area contributed by atoms with Crippen molar-refractivity contribution < 1.29 is 33.7 Å². The number of hydrogen-bond donors (Lipinski definition) is 4. The summed E-state index contributed by atoms with van der Waals surface area (Å²) in [6, 6.07) is 5.92. The minimum atomic E-state index is -2.45. The van der Waals surface area contributed by atoms with Crippen molar-refractivity contribution in [2.45, 2.75) is 109 Å². The molecule has 236 valence electrons. The standard InChI is InChI=1S/C35H47F2NO5/c1-21-16-28-34(42)15-14-33(29(32(33,2)3)25(34)17-23(20-39)18-35(28,43)30(21)41)19-27(40)26(38)9-7-5-4-6-8-22-10-12-24(13-11-22)31(36)37/h10-13,16-17,25-26,28-29,31,39,42-43H,4-9,14-15,18-20,38H2,1-3H3/t25-,26+,28-,29+,33-,34+,35+/m0/s1. The average Bonchev–Trinajstić information content (AvgIpc) is 3.39. The molecule has 0 aliphatic heterocycles. The number of nitrogens with two attached hydrogens (primary N) is 1. The van der Waals surface area contributed by atoms with Gasteiger partial charge in [-0.3, -0.25) is 9.59 Å². The van der Waals surface area contributed by atoms with Gasteiger partial charge in [-0.25, -0.2) is 8.78 Å². The number of hydrogen-bond acceptors (Lipinski definition) is 6. The molecule has 7 atom stereocenters. The number of alkyl halides is 2. The highest BCUT2D eigenvalue weighted by Gasteiger charge is 2.79. The van der Waals surface area contributed by atoms with Gasteiger partial charge in [0.2, 0.25) is 0 Å². The SMILES string of the molecule is CC1=C[C@H]2[C@@]3(O)CC[C@]4(CC(=O)[C@H](N)CCCCCCc5ccc(C(F)F)cc5)[C@H]([C@@H]3C=C(CO)C[C@]2(O)C1=O)C4(C)C. The van der Waals surface area contributed by atoms with Crippen LogP contribution in [0.15, 0.2) is 47.6 Å². The molecule has 4 aliphatic rings. The Bertz CT molecular complexity index is 1310. The van der Waals surface area contributed by atoms with Gasteiger partial charge in [0, 0.05) is 30.2 Å². The van der Waals surface area contributed by atoms with Gasteiger partial charge < -0.3 is 21.1 Å². The van der Waals surface area contributed by atoms with Crippen LogP contribution >= 0.6 is 0 Å². The predicted molar refractivity (Wildman–Crippen MR) is 160 cm³/mol. The first-order valence-corrected chi connectivity index (χ1v) is 15.8. The Morgan fingerprint density at radius 3 is 2.37 bits per heavy atom. The molecule has 0 heterocycles. The molecule has 2 saturated carbocycles. The number of unbranched alkanes of at least 4 members (excludes halogenated alkanes) is 3. The van der Waals surface area contributed by atoms with E-state index in [2.05, 4.69) is 13.8 Å². The number of Topliss-reactive ketones (excluding diaryl/α,β-unsaturated/α-hetero) is 2. The van der Waals surface area contributed by atoms with Crippen LogP contribution in [0.3, 0.4) is 0 Å². The Morgan fingerprint density at radius 2 is 1.72 bits per heavy atom. The lowest BCUT2D eigenvalue weighted by Crippen LogP contribution is -2.56. The molecule has 5 rings (SSSR count). The number of halogens is 2. The normalized spacial score (nSPS) is 34.9. The zero-order valence-corrected chi connectivity index (χ0v) is 25.6. The Labute approximate surface area is 253 Å². The van der Waals surface area contributed by atoms with Crippen molar-refractivity contribution in [3.63, 3.8) is 0 Å². The van der Waals surface area contributed by atoms with Crippen LogP contribution in [0.2, 0.25) is 0 Å². The summed E-state index contributed by atoms with van der Waals surface area (Å²) in [5, 5.41) is 33.9. The number of fused-ring (bicyclic) bond motifs is 5. The van der Waals surface area contributed by atoms with Crippen LogP contribution in [-0.2, 0) is 16.0 Å². The maximum atomic E-state index is 13.5. The second-order valence-corrected chi connectivity index (χ2v) is 14.4. The molecule has 0 radical (unpaired) electrons. The average molecular weight is 600 g/mol. The monoisotopic (exact) mass is 599 g/mol. The number of benzene rings is 1. The Hall–Kier alpha value is -2.26. The van der Waals surface area contributed by atoms with E-state index in [4.69, 9.17) is 5.73 Å². The van der Waals surface area contributed by atoms with Gasteiger partial charge >= 0.3 is 0 Å². The van der Waals surface area contributed by atoms with E-state index < -0.39 is 35.5 Å². The van der Waals surface area contributed by atoms with E-state index in [1.807, 2.05) is 6.08 Å². The fourth-order valence-corrected chi connectivity index (χ4v) is 9.11. The lowest BCUT2D eigenvalue weighted by Gasteiger charge is -2.47. The highest BCUT2D eigenvalue weighted by molar-refractivity contribution is 6.04. The molecule has 43 heavy (non-hydrogen) atoms. The molecular formula is C35H47F2NO5. The summed E-state index contributed by atoms with van der Waals surface area (Å²) in [5.74, 6) is -1.56. The van der Waals surface area contributed by atoms with Crippen molar-refractivity contribution in [3.05, 3.63) is 58.7 Å². The zero-order valence-electron chi connectivity index (χ0n) is 25.6. The number of ketones is 2. The van der Waals surface area contributed by atoms with Gasteiger partial charge in [-0.15, -0.1) is 0 Å². The Balaban J connectivity index is 1.18. The summed E-state index contributed by atoms with van der Waals surface area (Å²) in [5.41, 5.74) is 4.77. The molecule has 8 heteroatoms. The van der Waals surface area contributed by atoms with Crippen LogP contribution < -0.4 is 5.73 Å². The molecule has 1 aromatic carbocycles. The maximum Gasteiger partial charge on any atom is 0.263 e. The third-order valence-electron chi connectivity index (χ3n) is 11.7. The molecule has 1 aromatic rings. The minimum absolute atomic E-state index is 0.00537. The summed E-state index contributed by atoms with van der Waals surface area (Å²) >= 11 is 0. The molecule has 0 spiro atoms. The van der Waals surface area contributed by atoms with Gasteiger partial charge in [-0.05, 0) is 72.5 Å². The van der Waals surface area contributed by atoms with Crippen LogP contribution in [0.4, 0.5) is 8.78 Å². The number of rotatable bonds is 12. The number of aliphatic hydroxyl groups excluding tert-OH is 1. The van der Waals surface area contributed by atoms with Gasteiger partial charge in [0.25, 0.3) is 6.43 Å². The first kappa shape index (κ1) is 32.1. The van der Waals surface area contributed by atoms with Crippen molar-refractivity contribution in [1.29, 1.82) is 0 Å². The van der Waals surface area contributed by atoms with E-state index in [0.717, 1.165) is 37.7 Å². The molecule has 6 nitrogen and oxygen atoms in total. The predicted octanol–water partition coefficient (Wildman–Crippen LogP) is 5.39. The molecule has 0 bridgehead atoms. The molecule has 5 N–H and O–H groups in total. The van der Waals surface area contributed by atoms with Gasteiger partial charge in [0.15, 0.2) is 5.78 Å². The fraction of sp³-hybridized carbons (Fsp3) is 0.657. The highest BCUT2D eigenvalue weighted by atomic mass is 19.3. The van der Waals surface area contributed by atoms with Gasteiger partial charge in [-0.2, -0.15) is 0 Å². The summed E-state index contributed by atoms with van der Waals surface area (Å²) in [7, 11) is 0. The van der Waals surface area contributed by atoms with Crippen LogP contribution in [0.1, 0.15) is 96.1 Å². The second-order valence-electron chi connectivity index (χ2n) is 14.4. The number of aryl methyl sites for hydroxylation is 1. The van der Waals surface area contributed by atoms with Gasteiger partial charge in [-0.1, -0.05) is 69.5 Å². The minimum Gasteiger partial charge on any atom is -0.392 e. The van der Waals surface area contributed by atoms with Crippen molar-refractivity contribution >= 4 is 11.6 Å². The van der Waals surface area contributed by atoms with Crippen molar-refractivity contribution in [1.82, 2.24) is 0 Å². The number of aliphatic hydroxyl groups is 3.